The van der Waals surface area contributed by atoms with Crippen LogP contribution < -0.4 is 4.74 Å². The summed E-state index contributed by atoms with van der Waals surface area (Å²) in [5.74, 6) is 0.931. The number of aryl methyl sites for hydroxylation is 2. The summed E-state index contributed by atoms with van der Waals surface area (Å²) >= 11 is 0. The van der Waals surface area contributed by atoms with Gasteiger partial charge in [0.1, 0.15) is 5.75 Å². The van der Waals surface area contributed by atoms with Gasteiger partial charge >= 0.3 is 0 Å². The minimum atomic E-state index is 0.700. The standard InChI is InChI=1S/C13H17N3O/c1-2-12-4-6-13(7-5-12)17-11-3-9-16-10-8-14-15-16/h4-8,10H,2-3,9,11H2,1H3. The van der Waals surface area contributed by atoms with Crippen molar-refractivity contribution in [3.8, 4) is 5.75 Å². The summed E-state index contributed by atoms with van der Waals surface area (Å²) in [6, 6.07) is 8.25. The molecule has 4 heteroatoms. The van der Waals surface area contributed by atoms with Gasteiger partial charge in [0.15, 0.2) is 0 Å². The van der Waals surface area contributed by atoms with E-state index in [9.17, 15) is 0 Å². The van der Waals surface area contributed by atoms with Crippen molar-refractivity contribution in [2.24, 2.45) is 0 Å². The Morgan fingerprint density at radius 2 is 2.06 bits per heavy atom. The summed E-state index contributed by atoms with van der Waals surface area (Å²) in [5, 5.41) is 7.64. The Balaban J connectivity index is 1.70. The maximum absolute atomic E-state index is 5.64. The third kappa shape index (κ3) is 3.59. The second-order valence-electron chi connectivity index (χ2n) is 3.87. The predicted octanol–water partition coefficient (Wildman–Crippen LogP) is 2.31. The highest BCUT2D eigenvalue weighted by Gasteiger charge is 1.95. The fraction of sp³-hybridized carbons (Fsp3) is 0.385. The molecule has 0 bridgehead atoms. The van der Waals surface area contributed by atoms with Crippen LogP contribution >= 0.6 is 0 Å². The second kappa shape index (κ2) is 6.03. The average Bonchev–Trinajstić information content (AvgIpc) is 2.88. The molecule has 1 heterocycles. The molecule has 0 radical (unpaired) electrons. The van der Waals surface area contributed by atoms with E-state index in [-0.39, 0.29) is 0 Å². The molecular formula is C13H17N3O. The number of nitrogens with zero attached hydrogens (tertiary/aromatic N) is 3. The first-order chi connectivity index (χ1) is 8.38. The zero-order chi connectivity index (χ0) is 11.9. The molecule has 0 aliphatic carbocycles. The van der Waals surface area contributed by atoms with Crippen LogP contribution in [0.25, 0.3) is 0 Å². The van der Waals surface area contributed by atoms with E-state index < -0.39 is 0 Å². The normalized spacial score (nSPS) is 10.4. The highest BCUT2D eigenvalue weighted by atomic mass is 16.5. The summed E-state index contributed by atoms with van der Waals surface area (Å²) in [6.45, 7) is 3.69. The lowest BCUT2D eigenvalue weighted by Gasteiger charge is -2.06. The topological polar surface area (TPSA) is 39.9 Å². The molecule has 0 unspecified atom stereocenters. The van der Waals surface area contributed by atoms with Gasteiger partial charge in [-0.15, -0.1) is 5.10 Å². The van der Waals surface area contributed by atoms with E-state index in [4.69, 9.17) is 4.74 Å². The molecule has 0 saturated heterocycles. The molecule has 0 atom stereocenters. The fourth-order valence-corrected chi connectivity index (χ4v) is 1.59. The van der Waals surface area contributed by atoms with Crippen molar-refractivity contribution in [2.75, 3.05) is 6.61 Å². The number of hydrogen-bond acceptors (Lipinski definition) is 3. The monoisotopic (exact) mass is 231 g/mol. The number of aromatic nitrogens is 3. The van der Waals surface area contributed by atoms with Crippen LogP contribution in [0.15, 0.2) is 36.7 Å². The molecule has 0 saturated carbocycles. The predicted molar refractivity (Wildman–Crippen MR) is 66.0 cm³/mol. The Kier molecular flexibility index (Phi) is 4.13. The van der Waals surface area contributed by atoms with Crippen molar-refractivity contribution < 1.29 is 4.74 Å². The van der Waals surface area contributed by atoms with Gasteiger partial charge in [0.2, 0.25) is 0 Å². The zero-order valence-electron chi connectivity index (χ0n) is 10.0. The number of rotatable bonds is 6. The van der Waals surface area contributed by atoms with Gasteiger partial charge < -0.3 is 4.74 Å². The Morgan fingerprint density at radius 3 is 2.71 bits per heavy atom. The third-order valence-corrected chi connectivity index (χ3v) is 2.60. The first-order valence-electron chi connectivity index (χ1n) is 5.94. The maximum atomic E-state index is 5.64. The third-order valence-electron chi connectivity index (χ3n) is 2.60. The minimum Gasteiger partial charge on any atom is -0.494 e. The van der Waals surface area contributed by atoms with Crippen LogP contribution in [0.4, 0.5) is 0 Å². The van der Waals surface area contributed by atoms with E-state index in [1.807, 2.05) is 23.0 Å². The first-order valence-corrected chi connectivity index (χ1v) is 5.94. The summed E-state index contributed by atoms with van der Waals surface area (Å²) < 4.78 is 7.45. The SMILES string of the molecule is CCc1ccc(OCCCn2ccnn2)cc1. The number of ether oxygens (including phenoxy) is 1. The smallest absolute Gasteiger partial charge is 0.119 e. The molecule has 2 rings (SSSR count). The first kappa shape index (κ1) is 11.6. The lowest BCUT2D eigenvalue weighted by atomic mass is 10.2. The van der Waals surface area contributed by atoms with Crippen LogP contribution in [0, 0.1) is 0 Å². The lowest BCUT2D eigenvalue weighted by Crippen LogP contribution is -2.05. The van der Waals surface area contributed by atoms with Gasteiger partial charge in [0.05, 0.1) is 12.8 Å². The van der Waals surface area contributed by atoms with Crippen molar-refractivity contribution in [3.05, 3.63) is 42.2 Å². The largest absolute Gasteiger partial charge is 0.494 e. The van der Waals surface area contributed by atoms with Crippen LogP contribution in [-0.4, -0.2) is 21.6 Å². The zero-order valence-corrected chi connectivity index (χ0v) is 10.0. The molecule has 1 aromatic carbocycles. The molecule has 0 amide bonds. The van der Waals surface area contributed by atoms with Crippen molar-refractivity contribution >= 4 is 0 Å². The molecule has 2 aromatic rings. The Morgan fingerprint density at radius 1 is 1.24 bits per heavy atom. The summed E-state index contributed by atoms with van der Waals surface area (Å²) in [5.41, 5.74) is 1.33. The molecule has 0 aliphatic rings. The maximum Gasteiger partial charge on any atom is 0.119 e. The van der Waals surface area contributed by atoms with Crippen LogP contribution in [0.5, 0.6) is 5.75 Å². The van der Waals surface area contributed by atoms with Gasteiger partial charge in [-0.1, -0.05) is 24.3 Å². The van der Waals surface area contributed by atoms with E-state index in [1.54, 1.807) is 6.20 Å². The van der Waals surface area contributed by atoms with Gasteiger partial charge in [0, 0.05) is 19.2 Å². The van der Waals surface area contributed by atoms with Crippen molar-refractivity contribution in [1.29, 1.82) is 0 Å². The lowest BCUT2D eigenvalue weighted by molar-refractivity contribution is 0.298. The number of hydrogen-bond donors (Lipinski definition) is 0. The molecular weight excluding hydrogens is 214 g/mol. The van der Waals surface area contributed by atoms with E-state index in [2.05, 4.69) is 29.4 Å². The average molecular weight is 231 g/mol. The Labute approximate surface area is 101 Å². The molecule has 0 aliphatic heterocycles. The Bertz CT molecular complexity index is 422. The molecule has 17 heavy (non-hydrogen) atoms. The highest BCUT2D eigenvalue weighted by Crippen LogP contribution is 2.12. The summed E-state index contributed by atoms with van der Waals surface area (Å²) in [7, 11) is 0. The fourth-order valence-electron chi connectivity index (χ4n) is 1.59. The van der Waals surface area contributed by atoms with E-state index in [1.165, 1.54) is 5.56 Å². The molecule has 0 spiro atoms. The molecule has 0 N–H and O–H groups in total. The Hall–Kier alpha value is -1.84. The van der Waals surface area contributed by atoms with Crippen molar-refractivity contribution in [2.45, 2.75) is 26.3 Å². The minimum absolute atomic E-state index is 0.700. The highest BCUT2D eigenvalue weighted by molar-refractivity contribution is 5.27. The number of benzene rings is 1. The van der Waals surface area contributed by atoms with Gasteiger partial charge in [0.25, 0.3) is 0 Å². The molecule has 0 fully saturated rings. The van der Waals surface area contributed by atoms with Gasteiger partial charge in [-0.25, -0.2) is 0 Å². The summed E-state index contributed by atoms with van der Waals surface area (Å²) in [6.07, 6.45) is 5.53. The van der Waals surface area contributed by atoms with Crippen LogP contribution in [0.1, 0.15) is 18.9 Å². The van der Waals surface area contributed by atoms with Crippen LogP contribution in [-0.2, 0) is 13.0 Å². The van der Waals surface area contributed by atoms with Crippen molar-refractivity contribution in [1.82, 2.24) is 15.0 Å². The quantitative estimate of drug-likeness (QED) is 0.716. The van der Waals surface area contributed by atoms with Gasteiger partial charge in [-0.3, -0.25) is 4.68 Å². The second-order valence-corrected chi connectivity index (χ2v) is 3.87. The van der Waals surface area contributed by atoms with Crippen molar-refractivity contribution in [3.63, 3.8) is 0 Å². The molecule has 90 valence electrons. The van der Waals surface area contributed by atoms with Crippen LogP contribution in [0.2, 0.25) is 0 Å². The molecule has 4 nitrogen and oxygen atoms in total. The molecule has 1 aromatic heterocycles. The van der Waals surface area contributed by atoms with Crippen LogP contribution in [0.3, 0.4) is 0 Å². The summed E-state index contributed by atoms with van der Waals surface area (Å²) in [4.78, 5) is 0. The van der Waals surface area contributed by atoms with E-state index in [0.29, 0.717) is 6.61 Å². The van der Waals surface area contributed by atoms with Gasteiger partial charge in [-0.05, 0) is 24.1 Å². The van der Waals surface area contributed by atoms with E-state index >= 15 is 0 Å². The van der Waals surface area contributed by atoms with E-state index in [0.717, 1.165) is 25.1 Å². The van der Waals surface area contributed by atoms with Gasteiger partial charge in [-0.2, -0.15) is 0 Å².